The van der Waals surface area contributed by atoms with E-state index >= 15 is 0 Å². The molecule has 1 saturated carbocycles. The van der Waals surface area contributed by atoms with Gasteiger partial charge in [-0.05, 0) is 19.3 Å². The van der Waals surface area contributed by atoms with Crippen molar-refractivity contribution >= 4 is 0 Å². The van der Waals surface area contributed by atoms with Crippen molar-refractivity contribution in [2.45, 2.75) is 31.4 Å². The molecule has 1 aliphatic rings. The first-order valence-corrected chi connectivity index (χ1v) is 3.13. The van der Waals surface area contributed by atoms with Gasteiger partial charge in [0.2, 0.25) is 0 Å². The van der Waals surface area contributed by atoms with Crippen LogP contribution >= 0.6 is 0 Å². The van der Waals surface area contributed by atoms with Crippen LogP contribution in [0.15, 0.2) is 0 Å². The summed E-state index contributed by atoms with van der Waals surface area (Å²) in [5.74, 6) is 0. The number of methoxy groups -OCH3 is 1. The maximum atomic E-state index is 5.66. The lowest BCUT2D eigenvalue weighted by atomic mass is 10.2. The quantitative estimate of drug-likeness (QED) is 0.540. The Morgan fingerprint density at radius 2 is 2.25 bits per heavy atom. The summed E-state index contributed by atoms with van der Waals surface area (Å²) < 4.78 is 5.10. The molecule has 48 valence electrons. The lowest BCUT2D eigenvalue weighted by molar-refractivity contribution is 0.0960. The molecule has 2 nitrogen and oxygen atoms in total. The van der Waals surface area contributed by atoms with Crippen LogP contribution in [-0.4, -0.2) is 19.3 Å². The van der Waals surface area contributed by atoms with E-state index in [0.29, 0.717) is 12.1 Å². The van der Waals surface area contributed by atoms with Crippen molar-refractivity contribution < 1.29 is 4.74 Å². The number of nitrogens with two attached hydrogens (primary N) is 1. The molecule has 8 heavy (non-hydrogen) atoms. The Morgan fingerprint density at radius 3 is 2.50 bits per heavy atom. The van der Waals surface area contributed by atoms with Gasteiger partial charge in [-0.25, -0.2) is 0 Å². The molecule has 0 radical (unpaired) electrons. The normalized spacial score (nSPS) is 38.2. The maximum absolute atomic E-state index is 5.66. The van der Waals surface area contributed by atoms with Gasteiger partial charge < -0.3 is 10.5 Å². The Hall–Kier alpha value is -0.0800. The Bertz CT molecular complexity index is 74.9. The molecule has 1 rings (SSSR count). The standard InChI is InChI=1S/C6H13NO/c1-8-6-4-2-3-5(6)7/h5-6H,2-4,7H2,1H3/t5-,6-/m1/s1. The Labute approximate surface area is 50.0 Å². The third kappa shape index (κ3) is 1.01. The van der Waals surface area contributed by atoms with E-state index in [9.17, 15) is 0 Å². The molecule has 0 saturated heterocycles. The summed E-state index contributed by atoms with van der Waals surface area (Å²) in [6, 6.07) is 0.306. The van der Waals surface area contributed by atoms with E-state index in [1.54, 1.807) is 7.11 Å². The van der Waals surface area contributed by atoms with Crippen molar-refractivity contribution in [1.82, 2.24) is 0 Å². The molecule has 0 bridgehead atoms. The monoisotopic (exact) mass is 115 g/mol. The minimum atomic E-state index is 0.306. The van der Waals surface area contributed by atoms with Crippen LogP contribution in [0.2, 0.25) is 0 Å². The van der Waals surface area contributed by atoms with E-state index < -0.39 is 0 Å². The maximum Gasteiger partial charge on any atom is 0.0722 e. The van der Waals surface area contributed by atoms with Gasteiger partial charge in [-0.1, -0.05) is 0 Å². The summed E-state index contributed by atoms with van der Waals surface area (Å²) >= 11 is 0. The first-order valence-electron chi connectivity index (χ1n) is 3.13. The fourth-order valence-corrected chi connectivity index (χ4v) is 1.25. The van der Waals surface area contributed by atoms with Gasteiger partial charge in [0.15, 0.2) is 0 Å². The van der Waals surface area contributed by atoms with Gasteiger partial charge in [0.05, 0.1) is 6.10 Å². The van der Waals surface area contributed by atoms with Gasteiger partial charge in [-0.3, -0.25) is 0 Å². The zero-order valence-corrected chi connectivity index (χ0v) is 5.26. The van der Waals surface area contributed by atoms with Crippen molar-refractivity contribution in [3.8, 4) is 0 Å². The second-order valence-corrected chi connectivity index (χ2v) is 2.37. The summed E-state index contributed by atoms with van der Waals surface area (Å²) in [6.07, 6.45) is 3.87. The minimum Gasteiger partial charge on any atom is -0.380 e. The van der Waals surface area contributed by atoms with E-state index in [-0.39, 0.29) is 0 Å². The predicted octanol–water partition coefficient (Wildman–Crippen LogP) is 0.513. The molecule has 0 aromatic rings. The lowest BCUT2D eigenvalue weighted by Crippen LogP contribution is -2.30. The Balaban J connectivity index is 2.30. The summed E-state index contributed by atoms with van der Waals surface area (Å²) in [7, 11) is 1.73. The summed E-state index contributed by atoms with van der Waals surface area (Å²) in [4.78, 5) is 0. The highest BCUT2D eigenvalue weighted by Crippen LogP contribution is 2.18. The summed E-state index contributed by atoms with van der Waals surface area (Å²) in [5, 5.41) is 0. The fraction of sp³-hybridized carbons (Fsp3) is 1.00. The van der Waals surface area contributed by atoms with E-state index in [4.69, 9.17) is 10.5 Å². The average molecular weight is 115 g/mol. The minimum absolute atomic E-state index is 0.306. The van der Waals surface area contributed by atoms with Crippen molar-refractivity contribution in [2.75, 3.05) is 7.11 Å². The van der Waals surface area contributed by atoms with E-state index in [1.165, 1.54) is 6.42 Å². The van der Waals surface area contributed by atoms with Gasteiger partial charge in [0.1, 0.15) is 0 Å². The van der Waals surface area contributed by atoms with Crippen LogP contribution in [-0.2, 0) is 4.74 Å². The summed E-state index contributed by atoms with van der Waals surface area (Å²) in [5.41, 5.74) is 5.66. The average Bonchev–Trinajstić information content (AvgIpc) is 2.14. The largest absolute Gasteiger partial charge is 0.380 e. The van der Waals surface area contributed by atoms with Crippen molar-refractivity contribution in [1.29, 1.82) is 0 Å². The molecular formula is C6H13NO. The second kappa shape index (κ2) is 2.46. The summed E-state index contributed by atoms with van der Waals surface area (Å²) in [6.45, 7) is 0. The van der Waals surface area contributed by atoms with Crippen molar-refractivity contribution in [2.24, 2.45) is 5.73 Å². The van der Waals surface area contributed by atoms with E-state index in [2.05, 4.69) is 0 Å². The molecule has 0 amide bonds. The number of hydrogen-bond donors (Lipinski definition) is 1. The zero-order chi connectivity index (χ0) is 5.98. The van der Waals surface area contributed by atoms with Gasteiger partial charge >= 0.3 is 0 Å². The second-order valence-electron chi connectivity index (χ2n) is 2.37. The van der Waals surface area contributed by atoms with Gasteiger partial charge in [-0.2, -0.15) is 0 Å². The van der Waals surface area contributed by atoms with Gasteiger partial charge in [0.25, 0.3) is 0 Å². The highest BCUT2D eigenvalue weighted by atomic mass is 16.5. The van der Waals surface area contributed by atoms with E-state index in [1.807, 2.05) is 0 Å². The van der Waals surface area contributed by atoms with Crippen LogP contribution in [0, 0.1) is 0 Å². The van der Waals surface area contributed by atoms with Crippen LogP contribution in [0.4, 0.5) is 0 Å². The highest BCUT2D eigenvalue weighted by molar-refractivity contribution is 4.80. The smallest absolute Gasteiger partial charge is 0.0722 e. The third-order valence-electron chi connectivity index (χ3n) is 1.81. The van der Waals surface area contributed by atoms with Crippen molar-refractivity contribution in [3.05, 3.63) is 0 Å². The lowest BCUT2D eigenvalue weighted by Gasteiger charge is -2.11. The van der Waals surface area contributed by atoms with E-state index in [0.717, 1.165) is 12.8 Å². The topological polar surface area (TPSA) is 35.2 Å². The van der Waals surface area contributed by atoms with Crippen molar-refractivity contribution in [3.63, 3.8) is 0 Å². The molecule has 0 unspecified atom stereocenters. The molecule has 0 heterocycles. The molecule has 1 fully saturated rings. The molecule has 0 aliphatic heterocycles. The Morgan fingerprint density at radius 1 is 1.50 bits per heavy atom. The molecule has 2 atom stereocenters. The zero-order valence-electron chi connectivity index (χ0n) is 5.26. The molecule has 0 aromatic carbocycles. The molecule has 2 N–H and O–H groups in total. The van der Waals surface area contributed by atoms with Crippen LogP contribution in [0.3, 0.4) is 0 Å². The highest BCUT2D eigenvalue weighted by Gasteiger charge is 2.22. The van der Waals surface area contributed by atoms with Crippen LogP contribution in [0.5, 0.6) is 0 Å². The first-order chi connectivity index (χ1) is 3.84. The number of rotatable bonds is 1. The molecule has 0 spiro atoms. The number of hydrogen-bond acceptors (Lipinski definition) is 2. The van der Waals surface area contributed by atoms with Crippen LogP contribution < -0.4 is 5.73 Å². The number of ether oxygens (including phenoxy) is 1. The predicted molar refractivity (Wildman–Crippen MR) is 32.6 cm³/mol. The third-order valence-corrected chi connectivity index (χ3v) is 1.81. The SMILES string of the molecule is CO[C@@H]1CCC[C@H]1N. The van der Waals surface area contributed by atoms with Crippen LogP contribution in [0.25, 0.3) is 0 Å². The van der Waals surface area contributed by atoms with Crippen LogP contribution in [0.1, 0.15) is 19.3 Å². The molecule has 0 aromatic heterocycles. The van der Waals surface area contributed by atoms with Gasteiger partial charge in [0, 0.05) is 13.2 Å². The fourth-order valence-electron chi connectivity index (χ4n) is 1.25. The molecule has 1 aliphatic carbocycles. The molecule has 2 heteroatoms. The first kappa shape index (κ1) is 6.05. The Kier molecular flexibility index (Phi) is 1.86. The molecular weight excluding hydrogens is 102 g/mol. The van der Waals surface area contributed by atoms with Gasteiger partial charge in [-0.15, -0.1) is 0 Å².